The molecule has 0 saturated heterocycles. The molecule has 1 unspecified atom stereocenters. The van der Waals surface area contributed by atoms with Crippen molar-refractivity contribution in [3.63, 3.8) is 0 Å². The number of aliphatic hydroxyl groups excluding tert-OH is 1. The summed E-state index contributed by atoms with van der Waals surface area (Å²) in [5.74, 6) is 0. The lowest BCUT2D eigenvalue weighted by Crippen LogP contribution is -2.32. The topological polar surface area (TPSA) is 32.3 Å². The van der Waals surface area contributed by atoms with Crippen LogP contribution < -0.4 is 5.32 Å². The maximum Gasteiger partial charge on any atom is 0.265 e. The fraction of sp³-hybridized carbons (Fsp3) is 0.714. The molecular formula is C7H13F2NO. The molecule has 0 rings (SSSR count). The van der Waals surface area contributed by atoms with E-state index in [1.165, 1.54) is 0 Å². The second-order valence-corrected chi connectivity index (χ2v) is 2.18. The largest absolute Gasteiger partial charge is 0.386 e. The first-order chi connectivity index (χ1) is 5.18. The number of hydrogen-bond donors (Lipinski definition) is 2. The average Bonchev–Trinajstić information content (AvgIpc) is 1.97. The van der Waals surface area contributed by atoms with Gasteiger partial charge in [-0.2, -0.15) is 0 Å². The van der Waals surface area contributed by atoms with E-state index >= 15 is 0 Å². The zero-order valence-corrected chi connectivity index (χ0v) is 6.26. The van der Waals surface area contributed by atoms with Crippen LogP contribution in [-0.2, 0) is 0 Å². The van der Waals surface area contributed by atoms with Crippen LogP contribution in [0.5, 0.6) is 0 Å². The maximum absolute atomic E-state index is 11.6. The molecule has 11 heavy (non-hydrogen) atoms. The summed E-state index contributed by atoms with van der Waals surface area (Å²) in [6, 6.07) is 0. The van der Waals surface area contributed by atoms with Crippen LogP contribution in [-0.4, -0.2) is 30.7 Å². The minimum absolute atomic E-state index is 0.0640. The van der Waals surface area contributed by atoms with E-state index in [-0.39, 0.29) is 6.54 Å². The Kier molecular flexibility index (Phi) is 5.97. The van der Waals surface area contributed by atoms with Crippen LogP contribution in [0, 0.1) is 0 Å². The lowest BCUT2D eigenvalue weighted by Gasteiger charge is -2.09. The van der Waals surface area contributed by atoms with Crippen molar-refractivity contribution in [1.29, 1.82) is 0 Å². The quantitative estimate of drug-likeness (QED) is 0.450. The van der Waals surface area contributed by atoms with E-state index in [0.29, 0.717) is 6.54 Å². The molecule has 0 aromatic carbocycles. The van der Waals surface area contributed by atoms with Crippen LogP contribution in [0.1, 0.15) is 6.42 Å². The molecular weight excluding hydrogens is 152 g/mol. The van der Waals surface area contributed by atoms with Crippen molar-refractivity contribution in [3.8, 4) is 0 Å². The van der Waals surface area contributed by atoms with Crippen LogP contribution in [0.3, 0.4) is 0 Å². The summed E-state index contributed by atoms with van der Waals surface area (Å²) in [7, 11) is 0. The predicted molar refractivity (Wildman–Crippen MR) is 39.7 cm³/mol. The van der Waals surface area contributed by atoms with Gasteiger partial charge in [0.05, 0.1) is 0 Å². The Bertz CT molecular complexity index is 109. The number of nitrogens with one attached hydrogen (secondary N) is 1. The third-order valence-corrected chi connectivity index (χ3v) is 1.17. The molecule has 0 aliphatic carbocycles. The minimum atomic E-state index is -2.66. The fourth-order valence-corrected chi connectivity index (χ4v) is 0.543. The van der Waals surface area contributed by atoms with Crippen LogP contribution in [0.2, 0.25) is 0 Å². The van der Waals surface area contributed by atoms with E-state index in [2.05, 4.69) is 11.9 Å². The third kappa shape index (κ3) is 5.94. The summed E-state index contributed by atoms with van der Waals surface area (Å²) in [6.45, 7) is 3.97. The Labute approximate surface area is 64.9 Å². The van der Waals surface area contributed by atoms with Gasteiger partial charge in [0.1, 0.15) is 6.10 Å². The molecule has 4 heteroatoms. The molecule has 0 spiro atoms. The molecule has 0 fully saturated rings. The van der Waals surface area contributed by atoms with E-state index in [0.717, 1.165) is 6.42 Å². The molecule has 0 aliphatic rings. The molecule has 2 nitrogen and oxygen atoms in total. The van der Waals surface area contributed by atoms with Gasteiger partial charge in [0.15, 0.2) is 0 Å². The summed E-state index contributed by atoms with van der Waals surface area (Å²) >= 11 is 0. The highest BCUT2D eigenvalue weighted by atomic mass is 19.3. The predicted octanol–water partition coefficient (Wildman–Crippen LogP) is 0.778. The zero-order chi connectivity index (χ0) is 8.69. The van der Waals surface area contributed by atoms with Crippen LogP contribution >= 0.6 is 0 Å². The van der Waals surface area contributed by atoms with Crippen LogP contribution in [0.25, 0.3) is 0 Å². The van der Waals surface area contributed by atoms with Gasteiger partial charge in [-0.1, -0.05) is 6.08 Å². The van der Waals surface area contributed by atoms with Gasteiger partial charge in [-0.25, -0.2) is 8.78 Å². The molecule has 2 N–H and O–H groups in total. The van der Waals surface area contributed by atoms with Gasteiger partial charge >= 0.3 is 0 Å². The van der Waals surface area contributed by atoms with E-state index in [1.807, 2.05) is 0 Å². The van der Waals surface area contributed by atoms with Crippen LogP contribution in [0.15, 0.2) is 12.7 Å². The Hall–Kier alpha value is -0.480. The van der Waals surface area contributed by atoms with Crippen LogP contribution in [0.4, 0.5) is 8.78 Å². The number of hydrogen-bond acceptors (Lipinski definition) is 2. The van der Waals surface area contributed by atoms with Crippen molar-refractivity contribution in [2.24, 2.45) is 0 Å². The highest BCUT2D eigenvalue weighted by molar-refractivity contribution is 4.69. The molecule has 0 aliphatic heterocycles. The van der Waals surface area contributed by atoms with E-state index in [9.17, 15) is 8.78 Å². The normalized spacial score (nSPS) is 13.5. The number of halogens is 2. The highest BCUT2D eigenvalue weighted by Crippen LogP contribution is 1.98. The first-order valence-electron chi connectivity index (χ1n) is 3.46. The Morgan fingerprint density at radius 1 is 1.55 bits per heavy atom. The van der Waals surface area contributed by atoms with Gasteiger partial charge in [-0.3, -0.25) is 0 Å². The molecule has 0 aromatic heterocycles. The monoisotopic (exact) mass is 165 g/mol. The summed E-state index contributed by atoms with van der Waals surface area (Å²) in [6.07, 6.45) is -1.82. The first kappa shape index (κ1) is 10.5. The van der Waals surface area contributed by atoms with Gasteiger partial charge in [-0.15, -0.1) is 6.58 Å². The number of rotatable bonds is 6. The van der Waals surface area contributed by atoms with Crippen molar-refractivity contribution in [3.05, 3.63) is 12.7 Å². The van der Waals surface area contributed by atoms with Crippen molar-refractivity contribution in [2.45, 2.75) is 19.0 Å². The standard InChI is InChI=1S/C7H13F2NO/c1-2-3-4-10-5-6(11)7(8)9/h2,6-7,10-11H,1,3-5H2. The molecule has 0 aromatic rings. The van der Waals surface area contributed by atoms with E-state index in [4.69, 9.17) is 5.11 Å². The van der Waals surface area contributed by atoms with Crippen molar-refractivity contribution < 1.29 is 13.9 Å². The average molecular weight is 165 g/mol. The molecule has 0 bridgehead atoms. The van der Waals surface area contributed by atoms with E-state index < -0.39 is 12.5 Å². The molecule has 1 atom stereocenters. The SMILES string of the molecule is C=CCCNCC(O)C(F)F. The summed E-state index contributed by atoms with van der Waals surface area (Å²) in [5, 5.41) is 11.3. The summed E-state index contributed by atoms with van der Waals surface area (Å²) < 4.78 is 23.3. The molecule has 66 valence electrons. The number of alkyl halides is 2. The van der Waals surface area contributed by atoms with Crippen molar-refractivity contribution in [1.82, 2.24) is 5.32 Å². The summed E-state index contributed by atoms with van der Waals surface area (Å²) in [4.78, 5) is 0. The second-order valence-electron chi connectivity index (χ2n) is 2.18. The fourth-order valence-electron chi connectivity index (χ4n) is 0.543. The lowest BCUT2D eigenvalue weighted by molar-refractivity contribution is -0.00307. The zero-order valence-electron chi connectivity index (χ0n) is 6.26. The molecule has 0 heterocycles. The van der Waals surface area contributed by atoms with E-state index in [1.54, 1.807) is 6.08 Å². The molecule has 0 radical (unpaired) electrons. The van der Waals surface area contributed by atoms with Crippen molar-refractivity contribution >= 4 is 0 Å². The Morgan fingerprint density at radius 3 is 2.64 bits per heavy atom. The Morgan fingerprint density at radius 2 is 2.18 bits per heavy atom. The molecule has 0 saturated carbocycles. The van der Waals surface area contributed by atoms with Gasteiger partial charge < -0.3 is 10.4 Å². The molecule has 0 amide bonds. The summed E-state index contributed by atoms with van der Waals surface area (Å²) in [5.41, 5.74) is 0. The highest BCUT2D eigenvalue weighted by Gasteiger charge is 2.14. The minimum Gasteiger partial charge on any atom is -0.386 e. The van der Waals surface area contributed by atoms with Gasteiger partial charge in [0.25, 0.3) is 6.43 Å². The first-order valence-corrected chi connectivity index (χ1v) is 3.46. The smallest absolute Gasteiger partial charge is 0.265 e. The third-order valence-electron chi connectivity index (χ3n) is 1.17. The van der Waals surface area contributed by atoms with Gasteiger partial charge in [0.2, 0.25) is 0 Å². The number of aliphatic hydroxyl groups is 1. The van der Waals surface area contributed by atoms with Gasteiger partial charge in [-0.05, 0) is 13.0 Å². The second kappa shape index (κ2) is 6.24. The Balaban J connectivity index is 3.17. The lowest BCUT2D eigenvalue weighted by atomic mass is 10.3. The van der Waals surface area contributed by atoms with Gasteiger partial charge in [0, 0.05) is 6.54 Å². The maximum atomic E-state index is 11.6. The van der Waals surface area contributed by atoms with Crippen molar-refractivity contribution in [2.75, 3.05) is 13.1 Å².